The molecule has 0 N–H and O–H groups in total. The normalized spacial score (nSPS) is 15.1. The van der Waals surface area contributed by atoms with Gasteiger partial charge in [0.25, 0.3) is 0 Å². The lowest BCUT2D eigenvalue weighted by atomic mass is 9.94. The predicted octanol–water partition coefficient (Wildman–Crippen LogP) is 3.43. The minimum Gasteiger partial charge on any atom is -0.492 e. The number of alkyl halides is 1. The first-order valence-electron chi connectivity index (χ1n) is 8.85. The molecular formula is C19H26Cl2N2O3. The molecule has 0 unspecified atom stereocenters. The average molecular weight is 401 g/mol. The highest BCUT2D eigenvalue weighted by molar-refractivity contribution is 6.32. The molecule has 5 nitrogen and oxygen atoms in total. The summed E-state index contributed by atoms with van der Waals surface area (Å²) in [7, 11) is 0. The summed E-state index contributed by atoms with van der Waals surface area (Å²) >= 11 is 11.9. The number of para-hydroxylation sites is 1. The summed E-state index contributed by atoms with van der Waals surface area (Å²) in [5.74, 6) is 1.07. The van der Waals surface area contributed by atoms with Crippen LogP contribution in [0.15, 0.2) is 24.3 Å². The van der Waals surface area contributed by atoms with Crippen molar-refractivity contribution in [3.63, 3.8) is 0 Å². The van der Waals surface area contributed by atoms with Crippen molar-refractivity contribution in [3.8, 4) is 5.75 Å². The number of ether oxygens (including phenoxy) is 1. The molecule has 2 amide bonds. The lowest BCUT2D eigenvalue weighted by Gasteiger charge is -2.38. The fraction of sp³-hybridized carbons (Fsp3) is 0.579. The fourth-order valence-corrected chi connectivity index (χ4v) is 3.07. The van der Waals surface area contributed by atoms with Gasteiger partial charge >= 0.3 is 0 Å². The number of carbonyl (C=O) groups excluding carboxylic acids is 2. The van der Waals surface area contributed by atoms with E-state index in [9.17, 15) is 9.59 Å². The molecule has 0 bridgehead atoms. The lowest BCUT2D eigenvalue weighted by molar-refractivity contribution is -0.144. The minimum absolute atomic E-state index is 0.0488. The molecule has 1 aromatic rings. The highest BCUT2D eigenvalue weighted by Crippen LogP contribution is 2.23. The van der Waals surface area contributed by atoms with Crippen molar-refractivity contribution in [2.45, 2.75) is 26.7 Å². The van der Waals surface area contributed by atoms with Gasteiger partial charge in [0.15, 0.2) is 0 Å². The Labute approximate surface area is 165 Å². The molecule has 0 atom stereocenters. The van der Waals surface area contributed by atoms with E-state index in [0.29, 0.717) is 56.4 Å². The van der Waals surface area contributed by atoms with Gasteiger partial charge < -0.3 is 14.5 Å². The molecule has 26 heavy (non-hydrogen) atoms. The zero-order valence-electron chi connectivity index (χ0n) is 15.3. The lowest BCUT2D eigenvalue weighted by Crippen LogP contribution is -2.53. The van der Waals surface area contributed by atoms with Gasteiger partial charge in [-0.15, -0.1) is 11.6 Å². The molecule has 0 aromatic heterocycles. The molecule has 0 aliphatic carbocycles. The molecule has 2 rings (SSSR count). The van der Waals surface area contributed by atoms with Gasteiger partial charge in [-0.3, -0.25) is 9.59 Å². The summed E-state index contributed by atoms with van der Waals surface area (Å²) in [6, 6.07) is 7.28. The summed E-state index contributed by atoms with van der Waals surface area (Å²) in [6.07, 6.45) is 1.05. The molecule has 1 aromatic carbocycles. The maximum atomic E-state index is 12.4. The predicted molar refractivity (Wildman–Crippen MR) is 104 cm³/mol. The largest absolute Gasteiger partial charge is 0.492 e. The zero-order valence-corrected chi connectivity index (χ0v) is 16.9. The summed E-state index contributed by atoms with van der Waals surface area (Å²) < 4.78 is 5.60. The Morgan fingerprint density at radius 2 is 1.73 bits per heavy atom. The van der Waals surface area contributed by atoms with Crippen LogP contribution in [0.4, 0.5) is 0 Å². The zero-order chi connectivity index (χ0) is 19.2. The van der Waals surface area contributed by atoms with E-state index in [4.69, 9.17) is 27.9 Å². The fourth-order valence-electron chi connectivity index (χ4n) is 2.77. The third kappa shape index (κ3) is 5.52. The van der Waals surface area contributed by atoms with Crippen LogP contribution >= 0.6 is 23.2 Å². The smallest absolute Gasteiger partial charge is 0.229 e. The van der Waals surface area contributed by atoms with Crippen molar-refractivity contribution in [1.82, 2.24) is 9.80 Å². The molecule has 0 spiro atoms. The van der Waals surface area contributed by atoms with E-state index in [1.54, 1.807) is 11.0 Å². The number of carbonyl (C=O) groups is 2. The standard InChI is InChI=1S/C19H26Cl2N2O3/c1-19(2,14-20)18(25)23-11-9-22(10-12-23)17(24)8-5-13-26-16-7-4-3-6-15(16)21/h3-4,6-7H,5,8-14H2,1-2H3. The van der Waals surface area contributed by atoms with Gasteiger partial charge in [0.05, 0.1) is 17.0 Å². The quantitative estimate of drug-likeness (QED) is 0.520. The van der Waals surface area contributed by atoms with Gasteiger partial charge in [0.2, 0.25) is 11.8 Å². The maximum Gasteiger partial charge on any atom is 0.229 e. The molecule has 1 saturated heterocycles. The molecule has 1 aliphatic heterocycles. The summed E-state index contributed by atoms with van der Waals surface area (Å²) in [4.78, 5) is 28.3. The van der Waals surface area contributed by atoms with Crippen LogP contribution in [0.5, 0.6) is 5.75 Å². The number of benzene rings is 1. The van der Waals surface area contributed by atoms with Gasteiger partial charge in [-0.05, 0) is 32.4 Å². The molecule has 1 heterocycles. The Morgan fingerprint density at radius 3 is 2.35 bits per heavy atom. The van der Waals surface area contributed by atoms with Crippen molar-refractivity contribution < 1.29 is 14.3 Å². The van der Waals surface area contributed by atoms with Gasteiger partial charge in [-0.25, -0.2) is 0 Å². The first-order chi connectivity index (χ1) is 12.3. The summed E-state index contributed by atoms with van der Waals surface area (Å²) in [6.45, 7) is 6.38. The maximum absolute atomic E-state index is 12.4. The van der Waals surface area contributed by atoms with Crippen LogP contribution in [0.1, 0.15) is 26.7 Å². The van der Waals surface area contributed by atoms with Gasteiger partial charge in [0, 0.05) is 38.5 Å². The number of nitrogens with zero attached hydrogens (tertiary/aromatic N) is 2. The number of piperazine rings is 1. The number of amides is 2. The molecule has 0 saturated carbocycles. The number of halogens is 2. The molecule has 0 radical (unpaired) electrons. The number of rotatable bonds is 7. The second-order valence-electron chi connectivity index (χ2n) is 7.07. The third-order valence-electron chi connectivity index (χ3n) is 4.46. The Morgan fingerprint density at radius 1 is 1.12 bits per heavy atom. The second-order valence-corrected chi connectivity index (χ2v) is 7.75. The van der Waals surface area contributed by atoms with Crippen LogP contribution in [0.2, 0.25) is 5.02 Å². The van der Waals surface area contributed by atoms with E-state index in [0.717, 1.165) is 0 Å². The number of hydrogen-bond acceptors (Lipinski definition) is 3. The van der Waals surface area contributed by atoms with Crippen LogP contribution in [0.25, 0.3) is 0 Å². The van der Waals surface area contributed by atoms with E-state index >= 15 is 0 Å². The highest BCUT2D eigenvalue weighted by atomic mass is 35.5. The van der Waals surface area contributed by atoms with Crippen molar-refractivity contribution >= 4 is 35.0 Å². The van der Waals surface area contributed by atoms with E-state index in [1.165, 1.54) is 0 Å². The second kappa shape index (κ2) is 9.47. The SMILES string of the molecule is CC(C)(CCl)C(=O)N1CCN(C(=O)CCCOc2ccccc2Cl)CC1. The topological polar surface area (TPSA) is 49.9 Å². The first kappa shape index (κ1) is 20.8. The Bertz CT molecular complexity index is 629. The van der Waals surface area contributed by atoms with E-state index in [1.807, 2.05) is 36.9 Å². The van der Waals surface area contributed by atoms with Crippen LogP contribution < -0.4 is 4.74 Å². The van der Waals surface area contributed by atoms with Gasteiger partial charge in [-0.2, -0.15) is 0 Å². The van der Waals surface area contributed by atoms with Gasteiger partial charge in [-0.1, -0.05) is 23.7 Å². The van der Waals surface area contributed by atoms with E-state index in [2.05, 4.69) is 0 Å². The van der Waals surface area contributed by atoms with Crippen LogP contribution in [-0.4, -0.2) is 60.3 Å². The van der Waals surface area contributed by atoms with Crippen LogP contribution in [-0.2, 0) is 9.59 Å². The molecule has 7 heteroatoms. The van der Waals surface area contributed by atoms with Crippen molar-refractivity contribution in [1.29, 1.82) is 0 Å². The van der Waals surface area contributed by atoms with Gasteiger partial charge in [0.1, 0.15) is 5.75 Å². The van der Waals surface area contributed by atoms with Crippen molar-refractivity contribution in [3.05, 3.63) is 29.3 Å². The Balaban J connectivity index is 1.70. The molecule has 1 aliphatic rings. The Kier molecular flexibility index (Phi) is 7.59. The van der Waals surface area contributed by atoms with Crippen LogP contribution in [0, 0.1) is 5.41 Å². The summed E-state index contributed by atoms with van der Waals surface area (Å²) in [5, 5.41) is 0.569. The minimum atomic E-state index is -0.566. The monoisotopic (exact) mass is 400 g/mol. The highest BCUT2D eigenvalue weighted by Gasteiger charge is 2.33. The van der Waals surface area contributed by atoms with Crippen LogP contribution in [0.3, 0.4) is 0 Å². The van der Waals surface area contributed by atoms with Crippen molar-refractivity contribution in [2.75, 3.05) is 38.7 Å². The van der Waals surface area contributed by atoms with E-state index < -0.39 is 5.41 Å². The van der Waals surface area contributed by atoms with Crippen molar-refractivity contribution in [2.24, 2.45) is 5.41 Å². The average Bonchev–Trinajstić information content (AvgIpc) is 2.65. The molecule has 144 valence electrons. The third-order valence-corrected chi connectivity index (χ3v) is 5.44. The van der Waals surface area contributed by atoms with E-state index in [-0.39, 0.29) is 17.7 Å². The summed E-state index contributed by atoms with van der Waals surface area (Å²) in [5.41, 5.74) is -0.566. The molecule has 1 fully saturated rings. The molecular weight excluding hydrogens is 375 g/mol. The first-order valence-corrected chi connectivity index (χ1v) is 9.77. The number of hydrogen-bond donors (Lipinski definition) is 0. The Hall–Kier alpha value is -1.46.